The van der Waals surface area contributed by atoms with Gasteiger partial charge in [-0.05, 0) is 66.2 Å². The molecule has 0 unspecified atom stereocenters. The maximum atomic E-state index is 12.7. The van der Waals surface area contributed by atoms with Crippen molar-refractivity contribution < 1.29 is 44.3 Å². The Labute approximate surface area is 179 Å². The van der Waals surface area contributed by atoms with Gasteiger partial charge in [0.15, 0.2) is 0 Å². The van der Waals surface area contributed by atoms with Crippen LogP contribution < -0.4 is 13.6 Å². The summed E-state index contributed by atoms with van der Waals surface area (Å²) >= 11 is 0. The summed E-state index contributed by atoms with van der Waals surface area (Å²) in [5, 5.41) is 0. The molecule has 0 radical (unpaired) electrons. The van der Waals surface area contributed by atoms with Gasteiger partial charge in [0.1, 0.15) is 23.9 Å². The lowest BCUT2D eigenvalue weighted by molar-refractivity contribution is -0.138. The number of hydrogen-bond acceptors (Lipinski definition) is 3. The highest BCUT2D eigenvalue weighted by atomic mass is 31.2. The SMILES string of the molecule is FCc1ccc(OP(Oc2ccc(C(F)(F)F)cc2)Oc2ccc(C(F)(F)F)cc2)cc1. The molecule has 32 heavy (non-hydrogen) atoms. The second-order valence-electron chi connectivity index (χ2n) is 6.32. The fourth-order valence-corrected chi connectivity index (χ4v) is 3.36. The molecule has 0 aliphatic heterocycles. The summed E-state index contributed by atoms with van der Waals surface area (Å²) < 4.78 is 106. The molecule has 0 aliphatic rings. The molecular formula is C21H14F7O3P. The summed E-state index contributed by atoms with van der Waals surface area (Å²) in [5.74, 6) is 0.167. The molecule has 0 fully saturated rings. The number of rotatable bonds is 7. The van der Waals surface area contributed by atoms with E-state index in [0.29, 0.717) is 5.56 Å². The van der Waals surface area contributed by atoms with Crippen molar-refractivity contribution in [3.05, 3.63) is 89.5 Å². The van der Waals surface area contributed by atoms with Crippen LogP contribution in [-0.2, 0) is 19.0 Å². The van der Waals surface area contributed by atoms with Gasteiger partial charge in [0, 0.05) is 0 Å². The highest BCUT2D eigenvalue weighted by Crippen LogP contribution is 2.43. The maximum Gasteiger partial charge on any atom is 0.530 e. The zero-order valence-corrected chi connectivity index (χ0v) is 16.8. The van der Waals surface area contributed by atoms with Gasteiger partial charge in [0.05, 0.1) is 11.1 Å². The molecule has 3 nitrogen and oxygen atoms in total. The first-order chi connectivity index (χ1) is 15.0. The quantitative estimate of drug-likeness (QED) is 0.255. The summed E-state index contributed by atoms with van der Waals surface area (Å²) in [5.41, 5.74) is -1.39. The lowest BCUT2D eigenvalue weighted by Crippen LogP contribution is -2.06. The molecule has 3 aromatic carbocycles. The van der Waals surface area contributed by atoms with Gasteiger partial charge >= 0.3 is 21.0 Å². The Hall–Kier alpha value is -3.00. The standard InChI is InChI=1S/C21H14F7O3P/c22-13-14-1-7-17(8-2-14)29-32(30-18-9-3-15(4-10-18)20(23,24)25)31-19-11-5-16(6-12-19)21(26,27)28/h1-12H,13H2. The lowest BCUT2D eigenvalue weighted by atomic mass is 10.2. The minimum Gasteiger partial charge on any atom is -0.409 e. The summed E-state index contributed by atoms with van der Waals surface area (Å²) in [6.45, 7) is -0.695. The molecule has 170 valence electrons. The van der Waals surface area contributed by atoms with Crippen molar-refractivity contribution in [1.82, 2.24) is 0 Å². The van der Waals surface area contributed by atoms with Crippen LogP contribution in [0.25, 0.3) is 0 Å². The van der Waals surface area contributed by atoms with Gasteiger partial charge in [-0.25, -0.2) is 4.39 Å². The zero-order chi connectivity index (χ0) is 23.4. The highest BCUT2D eigenvalue weighted by Gasteiger charge is 2.31. The Morgan fingerprint density at radius 3 is 1.12 bits per heavy atom. The van der Waals surface area contributed by atoms with Crippen LogP contribution in [0.15, 0.2) is 72.8 Å². The predicted molar refractivity (Wildman–Crippen MR) is 103 cm³/mol. The van der Waals surface area contributed by atoms with E-state index < -0.39 is 38.8 Å². The molecule has 0 saturated carbocycles. The third-order valence-electron chi connectivity index (χ3n) is 3.98. The van der Waals surface area contributed by atoms with Crippen LogP contribution >= 0.6 is 8.60 Å². The van der Waals surface area contributed by atoms with Crippen LogP contribution in [0.3, 0.4) is 0 Å². The van der Waals surface area contributed by atoms with Crippen LogP contribution in [-0.4, -0.2) is 0 Å². The van der Waals surface area contributed by atoms with Crippen molar-refractivity contribution in [2.24, 2.45) is 0 Å². The van der Waals surface area contributed by atoms with Crippen LogP contribution in [0, 0.1) is 0 Å². The molecule has 0 bridgehead atoms. The van der Waals surface area contributed by atoms with E-state index in [9.17, 15) is 30.7 Å². The second kappa shape index (κ2) is 9.65. The average Bonchev–Trinajstić information content (AvgIpc) is 2.74. The van der Waals surface area contributed by atoms with Gasteiger partial charge in [-0.15, -0.1) is 0 Å². The smallest absolute Gasteiger partial charge is 0.409 e. The van der Waals surface area contributed by atoms with Crippen molar-refractivity contribution in [3.63, 3.8) is 0 Å². The van der Waals surface area contributed by atoms with Crippen LogP contribution in [0.2, 0.25) is 0 Å². The monoisotopic (exact) mass is 478 g/mol. The third kappa shape index (κ3) is 6.50. The minimum absolute atomic E-state index is 0.0172. The fraction of sp³-hybridized carbons (Fsp3) is 0.143. The van der Waals surface area contributed by atoms with Crippen LogP contribution in [0.1, 0.15) is 16.7 Å². The van der Waals surface area contributed by atoms with E-state index in [1.807, 2.05) is 0 Å². The van der Waals surface area contributed by atoms with Gasteiger partial charge in [0.2, 0.25) is 0 Å². The molecule has 3 rings (SSSR count). The van der Waals surface area contributed by atoms with E-state index in [0.717, 1.165) is 48.5 Å². The molecule has 0 spiro atoms. The van der Waals surface area contributed by atoms with Crippen LogP contribution in [0.5, 0.6) is 17.2 Å². The number of benzene rings is 3. The molecule has 0 amide bonds. The summed E-state index contributed by atoms with van der Waals surface area (Å²) in [7, 11) is -2.34. The Kier molecular flexibility index (Phi) is 7.13. The van der Waals surface area contributed by atoms with E-state index in [2.05, 4.69) is 0 Å². The normalized spacial score (nSPS) is 12.0. The summed E-state index contributed by atoms with van der Waals surface area (Å²) in [6, 6.07) is 13.2. The Morgan fingerprint density at radius 1 is 0.531 bits per heavy atom. The lowest BCUT2D eigenvalue weighted by Gasteiger charge is -2.18. The number of halogens is 7. The Bertz CT molecular complexity index is 943. The van der Waals surface area contributed by atoms with Crippen molar-refractivity contribution in [2.75, 3.05) is 0 Å². The van der Waals surface area contributed by atoms with Gasteiger partial charge in [-0.2, -0.15) is 26.3 Å². The summed E-state index contributed by atoms with van der Waals surface area (Å²) in [4.78, 5) is 0. The first-order valence-electron chi connectivity index (χ1n) is 8.88. The molecule has 0 aliphatic carbocycles. The number of alkyl halides is 7. The Morgan fingerprint density at radius 2 is 0.844 bits per heavy atom. The summed E-state index contributed by atoms with van der Waals surface area (Å²) in [6.07, 6.45) is -9.07. The van der Waals surface area contributed by atoms with E-state index in [1.54, 1.807) is 0 Å². The van der Waals surface area contributed by atoms with Crippen molar-refractivity contribution in [2.45, 2.75) is 19.0 Å². The minimum atomic E-state index is -4.53. The van der Waals surface area contributed by atoms with Gasteiger partial charge in [0.25, 0.3) is 0 Å². The molecule has 0 N–H and O–H groups in total. The van der Waals surface area contributed by atoms with E-state index in [1.165, 1.54) is 24.3 Å². The van der Waals surface area contributed by atoms with Crippen LogP contribution in [0.4, 0.5) is 30.7 Å². The zero-order valence-electron chi connectivity index (χ0n) is 16.0. The Balaban J connectivity index is 1.80. The largest absolute Gasteiger partial charge is 0.530 e. The molecule has 0 aromatic heterocycles. The topological polar surface area (TPSA) is 27.7 Å². The van der Waals surface area contributed by atoms with Crippen molar-refractivity contribution >= 4 is 8.60 Å². The highest BCUT2D eigenvalue weighted by molar-refractivity contribution is 7.43. The maximum absolute atomic E-state index is 12.7. The van der Waals surface area contributed by atoms with Gasteiger partial charge < -0.3 is 13.6 Å². The predicted octanol–water partition coefficient (Wildman–Crippen LogP) is 7.96. The fourth-order valence-electron chi connectivity index (χ4n) is 2.36. The molecule has 11 heteroatoms. The van der Waals surface area contributed by atoms with E-state index in [4.69, 9.17) is 13.6 Å². The molecule has 0 saturated heterocycles. The van der Waals surface area contributed by atoms with Crippen molar-refractivity contribution in [3.8, 4) is 17.2 Å². The second-order valence-corrected chi connectivity index (χ2v) is 7.31. The molecule has 0 heterocycles. The third-order valence-corrected chi connectivity index (χ3v) is 5.06. The van der Waals surface area contributed by atoms with E-state index in [-0.39, 0.29) is 17.2 Å². The van der Waals surface area contributed by atoms with E-state index >= 15 is 0 Å². The number of hydrogen-bond donors (Lipinski definition) is 0. The molecule has 3 aromatic rings. The van der Waals surface area contributed by atoms with Gasteiger partial charge in [-0.3, -0.25) is 0 Å². The van der Waals surface area contributed by atoms with Crippen molar-refractivity contribution in [1.29, 1.82) is 0 Å². The first-order valence-corrected chi connectivity index (χ1v) is 9.97. The first kappa shape index (κ1) is 23.7. The molecule has 0 atom stereocenters. The molecular weight excluding hydrogens is 464 g/mol. The average molecular weight is 478 g/mol. The van der Waals surface area contributed by atoms with Gasteiger partial charge in [-0.1, -0.05) is 12.1 Å².